The lowest BCUT2D eigenvalue weighted by molar-refractivity contribution is 0.866. The molecule has 0 atom stereocenters. The average molecular weight is 244 g/mol. The van der Waals surface area contributed by atoms with Gasteiger partial charge in [-0.3, -0.25) is 0 Å². The van der Waals surface area contributed by atoms with Gasteiger partial charge in [0.1, 0.15) is 5.82 Å². The Hall–Kier alpha value is -1.97. The van der Waals surface area contributed by atoms with E-state index in [9.17, 15) is 0 Å². The third-order valence-electron chi connectivity index (χ3n) is 3.01. The molecule has 0 saturated heterocycles. The van der Waals surface area contributed by atoms with Gasteiger partial charge in [-0.05, 0) is 38.1 Å². The number of benzene rings is 1. The number of nitrogens with one attached hydrogen (secondary N) is 2. The van der Waals surface area contributed by atoms with Gasteiger partial charge in [0.05, 0.1) is 6.54 Å². The normalized spacial score (nSPS) is 10.3. The molecule has 1 aromatic heterocycles. The quantitative estimate of drug-likeness (QED) is 0.821. The fourth-order valence-electron chi connectivity index (χ4n) is 1.96. The number of H-pyrrole nitrogens is 1. The van der Waals surface area contributed by atoms with Gasteiger partial charge in [-0.2, -0.15) is 0 Å². The predicted octanol–water partition coefficient (Wildman–Crippen LogP) is 2.87. The van der Waals surface area contributed by atoms with Gasteiger partial charge in [-0.25, -0.2) is 4.98 Å². The first kappa shape index (κ1) is 12.5. The van der Waals surface area contributed by atoms with Gasteiger partial charge in [-0.1, -0.05) is 0 Å². The molecular formula is C14H20N4. The summed E-state index contributed by atoms with van der Waals surface area (Å²) in [6.07, 6.45) is 3.60. The van der Waals surface area contributed by atoms with Crippen LogP contribution < -0.4 is 10.2 Å². The number of hydrogen-bond acceptors (Lipinski definition) is 3. The van der Waals surface area contributed by atoms with Crippen LogP contribution >= 0.6 is 0 Å². The third kappa shape index (κ3) is 3.03. The molecule has 4 nitrogen and oxygen atoms in total. The van der Waals surface area contributed by atoms with E-state index >= 15 is 0 Å². The number of aromatic amines is 1. The summed E-state index contributed by atoms with van der Waals surface area (Å²) in [5.74, 6) is 0.947. The van der Waals surface area contributed by atoms with E-state index in [0.717, 1.165) is 31.1 Å². The van der Waals surface area contributed by atoms with Crippen molar-refractivity contribution in [3.05, 3.63) is 42.5 Å². The number of nitrogens with zero attached hydrogens (tertiary/aromatic N) is 2. The summed E-state index contributed by atoms with van der Waals surface area (Å²) in [5.41, 5.74) is 2.38. The minimum Gasteiger partial charge on any atom is -0.378 e. The van der Waals surface area contributed by atoms with Crippen LogP contribution in [-0.2, 0) is 6.54 Å². The molecule has 4 heteroatoms. The number of hydrogen-bond donors (Lipinski definition) is 2. The monoisotopic (exact) mass is 244 g/mol. The second-order valence-corrected chi connectivity index (χ2v) is 4.11. The van der Waals surface area contributed by atoms with Gasteiger partial charge in [0.2, 0.25) is 0 Å². The maximum Gasteiger partial charge on any atom is 0.125 e. The molecule has 2 N–H and O–H groups in total. The van der Waals surface area contributed by atoms with Crippen LogP contribution in [0, 0.1) is 0 Å². The molecule has 0 fully saturated rings. The molecule has 0 radical (unpaired) electrons. The van der Waals surface area contributed by atoms with Crippen molar-refractivity contribution < 1.29 is 0 Å². The van der Waals surface area contributed by atoms with Crippen molar-refractivity contribution in [2.45, 2.75) is 20.4 Å². The van der Waals surface area contributed by atoms with Crippen LogP contribution in [-0.4, -0.2) is 23.1 Å². The maximum atomic E-state index is 4.18. The van der Waals surface area contributed by atoms with Crippen LogP contribution in [0.5, 0.6) is 0 Å². The van der Waals surface area contributed by atoms with Crippen LogP contribution in [0.4, 0.5) is 11.4 Å². The van der Waals surface area contributed by atoms with E-state index < -0.39 is 0 Å². The standard InChI is InChI=1S/C14H20N4/c1-3-18(4-2)13-7-5-12(6-8-13)17-11-14-15-9-10-16-14/h5-10,17H,3-4,11H2,1-2H3,(H,15,16). The zero-order valence-electron chi connectivity index (χ0n) is 11.0. The molecule has 0 aliphatic heterocycles. The van der Waals surface area contributed by atoms with Gasteiger partial charge in [-0.15, -0.1) is 0 Å². The van der Waals surface area contributed by atoms with Crippen LogP contribution in [0.1, 0.15) is 19.7 Å². The second-order valence-electron chi connectivity index (χ2n) is 4.11. The third-order valence-corrected chi connectivity index (χ3v) is 3.01. The first-order valence-corrected chi connectivity index (χ1v) is 6.40. The van der Waals surface area contributed by atoms with E-state index in [1.165, 1.54) is 5.69 Å². The first-order valence-electron chi connectivity index (χ1n) is 6.40. The topological polar surface area (TPSA) is 44.0 Å². The lowest BCUT2D eigenvalue weighted by atomic mass is 10.2. The molecule has 1 aromatic carbocycles. The Morgan fingerprint density at radius 2 is 1.89 bits per heavy atom. The van der Waals surface area contributed by atoms with E-state index in [1.54, 1.807) is 6.20 Å². The van der Waals surface area contributed by atoms with E-state index in [1.807, 2.05) is 6.20 Å². The summed E-state index contributed by atoms with van der Waals surface area (Å²) in [6, 6.07) is 8.52. The highest BCUT2D eigenvalue weighted by molar-refractivity contribution is 5.55. The van der Waals surface area contributed by atoms with E-state index in [-0.39, 0.29) is 0 Å². The zero-order chi connectivity index (χ0) is 12.8. The smallest absolute Gasteiger partial charge is 0.125 e. The van der Waals surface area contributed by atoms with Gasteiger partial charge in [0.15, 0.2) is 0 Å². The summed E-state index contributed by atoms with van der Waals surface area (Å²) in [6.45, 7) is 7.14. The van der Waals surface area contributed by atoms with Crippen molar-refractivity contribution in [2.24, 2.45) is 0 Å². The van der Waals surface area contributed by atoms with Crippen molar-refractivity contribution in [3.8, 4) is 0 Å². The van der Waals surface area contributed by atoms with Crippen molar-refractivity contribution in [3.63, 3.8) is 0 Å². The Kier molecular flexibility index (Phi) is 4.23. The van der Waals surface area contributed by atoms with Crippen LogP contribution in [0.2, 0.25) is 0 Å². The zero-order valence-corrected chi connectivity index (χ0v) is 11.0. The number of imidazole rings is 1. The lowest BCUT2D eigenvalue weighted by Gasteiger charge is -2.21. The SMILES string of the molecule is CCN(CC)c1ccc(NCc2ncc[nH]2)cc1. The Bertz CT molecular complexity index is 443. The number of anilines is 2. The molecule has 1 heterocycles. The summed E-state index contributed by atoms with van der Waals surface area (Å²) >= 11 is 0. The Morgan fingerprint density at radius 3 is 2.44 bits per heavy atom. The number of rotatable bonds is 6. The van der Waals surface area contributed by atoms with Crippen molar-refractivity contribution in [2.75, 3.05) is 23.3 Å². The second kappa shape index (κ2) is 6.10. The molecule has 0 bridgehead atoms. The minimum atomic E-state index is 0.720. The van der Waals surface area contributed by atoms with E-state index in [4.69, 9.17) is 0 Å². The molecule has 0 aliphatic rings. The molecule has 0 unspecified atom stereocenters. The summed E-state index contributed by atoms with van der Waals surface area (Å²) in [4.78, 5) is 9.58. The Balaban J connectivity index is 1.95. The van der Waals surface area contributed by atoms with E-state index in [2.05, 4.69) is 58.3 Å². The molecule has 0 aliphatic carbocycles. The van der Waals surface area contributed by atoms with Gasteiger partial charge < -0.3 is 15.2 Å². The van der Waals surface area contributed by atoms with Crippen LogP contribution in [0.3, 0.4) is 0 Å². The minimum absolute atomic E-state index is 0.720. The fourth-order valence-corrected chi connectivity index (χ4v) is 1.96. The van der Waals surface area contributed by atoms with E-state index in [0.29, 0.717) is 0 Å². The molecule has 2 rings (SSSR count). The summed E-state index contributed by atoms with van der Waals surface area (Å²) in [5, 5.41) is 3.34. The van der Waals surface area contributed by atoms with Gasteiger partial charge in [0.25, 0.3) is 0 Å². The molecule has 18 heavy (non-hydrogen) atoms. The Labute approximate surface area is 108 Å². The Morgan fingerprint density at radius 1 is 1.17 bits per heavy atom. The summed E-state index contributed by atoms with van der Waals surface area (Å²) < 4.78 is 0. The maximum absolute atomic E-state index is 4.18. The highest BCUT2D eigenvalue weighted by Crippen LogP contribution is 2.17. The van der Waals surface area contributed by atoms with Crippen LogP contribution in [0.25, 0.3) is 0 Å². The van der Waals surface area contributed by atoms with Crippen molar-refractivity contribution >= 4 is 11.4 Å². The van der Waals surface area contributed by atoms with Crippen molar-refractivity contribution in [1.82, 2.24) is 9.97 Å². The molecule has 2 aromatic rings. The number of aromatic nitrogens is 2. The molecule has 0 saturated carbocycles. The van der Waals surface area contributed by atoms with Crippen molar-refractivity contribution in [1.29, 1.82) is 0 Å². The molecule has 0 spiro atoms. The fraction of sp³-hybridized carbons (Fsp3) is 0.357. The van der Waals surface area contributed by atoms with Gasteiger partial charge >= 0.3 is 0 Å². The highest BCUT2D eigenvalue weighted by atomic mass is 15.1. The lowest BCUT2D eigenvalue weighted by Crippen LogP contribution is -2.21. The van der Waals surface area contributed by atoms with Crippen LogP contribution in [0.15, 0.2) is 36.7 Å². The largest absolute Gasteiger partial charge is 0.378 e. The first-order chi connectivity index (χ1) is 8.83. The molecule has 0 amide bonds. The summed E-state index contributed by atoms with van der Waals surface area (Å²) in [7, 11) is 0. The molecule has 96 valence electrons. The molecular weight excluding hydrogens is 224 g/mol. The average Bonchev–Trinajstić information content (AvgIpc) is 2.92. The van der Waals surface area contributed by atoms with Gasteiger partial charge in [0, 0.05) is 36.9 Å². The highest BCUT2D eigenvalue weighted by Gasteiger charge is 2.01. The predicted molar refractivity (Wildman–Crippen MR) is 75.9 cm³/mol.